The van der Waals surface area contributed by atoms with E-state index in [1.807, 2.05) is 39.0 Å². The highest BCUT2D eigenvalue weighted by molar-refractivity contribution is 5.99. The van der Waals surface area contributed by atoms with Crippen LogP contribution in [0.15, 0.2) is 40.9 Å². The number of anilines is 1. The Labute approximate surface area is 229 Å². The molecule has 210 valence electrons. The summed E-state index contributed by atoms with van der Waals surface area (Å²) in [5.41, 5.74) is 4.20. The topological polar surface area (TPSA) is 73.4 Å². The molecule has 2 atom stereocenters. The van der Waals surface area contributed by atoms with Crippen LogP contribution in [0.4, 0.5) is 18.9 Å². The quantitative estimate of drug-likeness (QED) is 0.260. The third-order valence-electron chi connectivity index (χ3n) is 8.18. The van der Waals surface area contributed by atoms with E-state index in [-0.39, 0.29) is 24.3 Å². The lowest BCUT2D eigenvalue weighted by atomic mass is 9.92. The van der Waals surface area contributed by atoms with Crippen LogP contribution in [-0.2, 0) is 9.53 Å². The van der Waals surface area contributed by atoms with Crippen molar-refractivity contribution in [2.75, 3.05) is 11.5 Å². The van der Waals surface area contributed by atoms with Gasteiger partial charge in [-0.2, -0.15) is 0 Å². The number of benzene rings is 2. The molecule has 40 heavy (non-hydrogen) atoms. The van der Waals surface area contributed by atoms with E-state index in [0.717, 1.165) is 60.2 Å². The van der Waals surface area contributed by atoms with E-state index in [1.165, 1.54) is 11.0 Å². The zero-order chi connectivity index (χ0) is 28.1. The Balaban J connectivity index is 1.48. The Morgan fingerprint density at radius 3 is 2.50 bits per heavy atom. The predicted molar refractivity (Wildman–Crippen MR) is 144 cm³/mol. The highest BCUT2D eigenvalue weighted by Crippen LogP contribution is 2.43. The Kier molecular flexibility index (Phi) is 6.90. The maximum atomic E-state index is 15.0. The van der Waals surface area contributed by atoms with E-state index in [9.17, 15) is 13.6 Å². The van der Waals surface area contributed by atoms with E-state index in [2.05, 4.69) is 9.72 Å². The normalized spacial score (nSPS) is 23.4. The van der Waals surface area contributed by atoms with Gasteiger partial charge in [-0.15, -0.1) is 0 Å². The second kappa shape index (κ2) is 10.4. The number of aryl methyl sites for hydroxylation is 2. The number of fused-ring (bicyclic) bond motifs is 1. The molecule has 0 N–H and O–H groups in total. The van der Waals surface area contributed by atoms with Crippen molar-refractivity contribution < 1.29 is 27.2 Å². The van der Waals surface area contributed by atoms with Crippen LogP contribution in [0.5, 0.6) is 0 Å². The number of alkyl halides is 1. The highest BCUT2D eigenvalue weighted by Gasteiger charge is 2.45. The molecule has 1 aliphatic carbocycles. The fourth-order valence-corrected chi connectivity index (χ4v) is 6.36. The predicted octanol–water partition coefficient (Wildman–Crippen LogP) is 6.92. The van der Waals surface area contributed by atoms with Crippen molar-refractivity contribution in [1.82, 2.24) is 14.7 Å². The molecule has 6 rings (SSSR count). The number of ether oxygens (including phenoxy) is 1. The van der Waals surface area contributed by atoms with Gasteiger partial charge in [0.2, 0.25) is 0 Å². The van der Waals surface area contributed by atoms with Gasteiger partial charge in [-0.05, 0) is 76.3 Å². The van der Waals surface area contributed by atoms with Crippen molar-refractivity contribution in [3.05, 3.63) is 65.3 Å². The number of amides is 1. The molecule has 2 aliphatic rings. The summed E-state index contributed by atoms with van der Waals surface area (Å²) in [5.74, 6) is -1.70. The SMILES string of the molecule is CCOC1CCC(n2c([C@@H]3C[C@H](F)C(=O)N3c3ccc(F)c(F)c3)nc3cc(-c4c(C)noc4C)ccc32)CC1. The Bertz CT molecular complexity index is 1550. The van der Waals surface area contributed by atoms with Crippen LogP contribution < -0.4 is 4.90 Å². The molecule has 1 aliphatic heterocycles. The number of hydrogen-bond donors (Lipinski definition) is 0. The van der Waals surface area contributed by atoms with Crippen LogP contribution >= 0.6 is 0 Å². The van der Waals surface area contributed by atoms with Gasteiger partial charge in [0.15, 0.2) is 17.8 Å². The van der Waals surface area contributed by atoms with E-state index < -0.39 is 29.8 Å². The molecule has 1 saturated carbocycles. The molecule has 10 heteroatoms. The Hall–Kier alpha value is -3.66. The zero-order valence-electron chi connectivity index (χ0n) is 22.7. The minimum atomic E-state index is -1.78. The second-order valence-electron chi connectivity index (χ2n) is 10.7. The summed E-state index contributed by atoms with van der Waals surface area (Å²) >= 11 is 0. The first kappa shape index (κ1) is 26.6. The fourth-order valence-electron chi connectivity index (χ4n) is 6.36. The van der Waals surface area contributed by atoms with Crippen molar-refractivity contribution in [1.29, 1.82) is 0 Å². The Morgan fingerprint density at radius 2 is 1.82 bits per heavy atom. The Morgan fingerprint density at radius 1 is 1.05 bits per heavy atom. The number of rotatable bonds is 6. The minimum absolute atomic E-state index is 0.0576. The van der Waals surface area contributed by atoms with Crippen LogP contribution in [0.1, 0.15) is 68.4 Å². The first-order valence-electron chi connectivity index (χ1n) is 13.8. The van der Waals surface area contributed by atoms with Gasteiger partial charge in [-0.1, -0.05) is 11.2 Å². The molecule has 2 aromatic heterocycles. The van der Waals surface area contributed by atoms with Crippen LogP contribution in [0.25, 0.3) is 22.2 Å². The van der Waals surface area contributed by atoms with E-state index in [0.29, 0.717) is 23.7 Å². The van der Waals surface area contributed by atoms with Crippen LogP contribution in [0, 0.1) is 25.5 Å². The highest BCUT2D eigenvalue weighted by atomic mass is 19.2. The molecular weight excluding hydrogens is 521 g/mol. The summed E-state index contributed by atoms with van der Waals surface area (Å²) in [6.45, 7) is 6.37. The van der Waals surface area contributed by atoms with Crippen molar-refractivity contribution >= 4 is 22.6 Å². The van der Waals surface area contributed by atoms with E-state index in [1.54, 1.807) is 0 Å². The smallest absolute Gasteiger partial charge is 0.262 e. The average molecular weight is 553 g/mol. The van der Waals surface area contributed by atoms with Gasteiger partial charge in [0, 0.05) is 36.4 Å². The van der Waals surface area contributed by atoms with Crippen LogP contribution in [0.3, 0.4) is 0 Å². The summed E-state index contributed by atoms with van der Waals surface area (Å²) in [7, 11) is 0. The zero-order valence-corrected chi connectivity index (χ0v) is 22.7. The standard InChI is InChI=1S/C30H31F3N4O3/c1-4-39-21-9-6-19(7-10-21)36-26-12-5-18(28-16(2)35-40-17(28)3)13-25(26)34-29(36)27-15-24(33)30(38)37(27)20-8-11-22(31)23(32)14-20/h5,8,11-14,19,21,24,27H,4,6-7,9-10,15H2,1-3H3/t19?,21?,24-,27-/m0/s1. The average Bonchev–Trinajstić information content (AvgIpc) is 3.58. The minimum Gasteiger partial charge on any atom is -0.379 e. The van der Waals surface area contributed by atoms with E-state index >= 15 is 4.39 Å². The maximum Gasteiger partial charge on any atom is 0.262 e. The number of nitrogens with zero attached hydrogens (tertiary/aromatic N) is 4. The molecule has 1 amide bonds. The third kappa shape index (κ3) is 4.48. The molecule has 0 radical (unpaired) electrons. The molecule has 7 nitrogen and oxygen atoms in total. The maximum absolute atomic E-state index is 15.0. The van der Waals surface area contributed by atoms with Crippen LogP contribution in [0.2, 0.25) is 0 Å². The number of hydrogen-bond acceptors (Lipinski definition) is 5. The van der Waals surface area contributed by atoms with Gasteiger partial charge in [0.25, 0.3) is 5.91 Å². The number of imidazole rings is 1. The number of carbonyl (C=O) groups is 1. The molecular formula is C30H31F3N4O3. The number of aromatic nitrogens is 3. The summed E-state index contributed by atoms with van der Waals surface area (Å²) in [5, 5.41) is 4.07. The monoisotopic (exact) mass is 552 g/mol. The lowest BCUT2D eigenvalue weighted by molar-refractivity contribution is -0.121. The fraction of sp³-hybridized carbons (Fsp3) is 0.433. The molecule has 2 aromatic carbocycles. The molecule has 4 aromatic rings. The molecule has 0 spiro atoms. The second-order valence-corrected chi connectivity index (χ2v) is 10.7. The molecule has 0 bridgehead atoms. The lowest BCUT2D eigenvalue weighted by Crippen LogP contribution is -2.32. The number of halogens is 3. The van der Waals surface area contributed by atoms with Crippen LogP contribution in [-0.4, -0.2) is 39.5 Å². The van der Waals surface area contributed by atoms with Crippen molar-refractivity contribution in [3.63, 3.8) is 0 Å². The van der Waals surface area contributed by atoms with Gasteiger partial charge in [-0.25, -0.2) is 18.2 Å². The third-order valence-corrected chi connectivity index (χ3v) is 8.18. The first-order valence-corrected chi connectivity index (χ1v) is 13.8. The number of carbonyl (C=O) groups excluding carboxylic acids is 1. The van der Waals surface area contributed by atoms with Crippen molar-refractivity contribution in [2.45, 2.75) is 77.2 Å². The van der Waals surface area contributed by atoms with Gasteiger partial charge in [0.05, 0.1) is 28.9 Å². The van der Waals surface area contributed by atoms with Gasteiger partial charge >= 0.3 is 0 Å². The van der Waals surface area contributed by atoms with Gasteiger partial charge in [-0.3, -0.25) is 9.69 Å². The summed E-state index contributed by atoms with van der Waals surface area (Å²) < 4.78 is 56.3. The summed E-state index contributed by atoms with van der Waals surface area (Å²) in [6, 6.07) is 8.41. The lowest BCUT2D eigenvalue weighted by Gasteiger charge is -2.32. The van der Waals surface area contributed by atoms with Crippen molar-refractivity contribution in [2.24, 2.45) is 0 Å². The molecule has 2 fully saturated rings. The van der Waals surface area contributed by atoms with Crippen molar-refractivity contribution in [3.8, 4) is 11.1 Å². The largest absolute Gasteiger partial charge is 0.379 e. The van der Waals surface area contributed by atoms with Gasteiger partial charge in [0.1, 0.15) is 11.6 Å². The summed E-state index contributed by atoms with van der Waals surface area (Å²) in [6.07, 6.45) is 1.69. The summed E-state index contributed by atoms with van der Waals surface area (Å²) in [4.78, 5) is 19.3. The molecule has 3 heterocycles. The first-order chi connectivity index (χ1) is 19.3. The van der Waals surface area contributed by atoms with Gasteiger partial charge < -0.3 is 13.8 Å². The molecule has 0 unspecified atom stereocenters. The molecule has 1 saturated heterocycles. The van der Waals surface area contributed by atoms with E-state index in [4.69, 9.17) is 14.2 Å².